The van der Waals surface area contributed by atoms with Crippen LogP contribution in [0, 0.1) is 13.5 Å². The Hall–Kier alpha value is -1.43. The van der Waals surface area contributed by atoms with E-state index < -0.39 is 0 Å². The molecule has 0 spiro atoms. The summed E-state index contributed by atoms with van der Waals surface area (Å²) >= 11 is 7.50. The van der Waals surface area contributed by atoms with Gasteiger partial charge in [-0.15, -0.1) is 0 Å². The first-order valence-corrected chi connectivity index (χ1v) is 6.80. The molecule has 0 saturated carbocycles. The SMILES string of the molecule is [C-]#[N+]C(Sc1ccc(C)cc1)c1cccc(Cl)c1. The van der Waals surface area contributed by atoms with E-state index in [9.17, 15) is 0 Å². The molecule has 0 amide bonds. The minimum atomic E-state index is -0.244. The second-order valence-electron chi connectivity index (χ2n) is 3.97. The molecule has 0 aliphatic rings. The third kappa shape index (κ3) is 3.29. The number of nitrogens with zero attached hydrogens (tertiary/aromatic N) is 1. The first-order chi connectivity index (χ1) is 8.69. The van der Waals surface area contributed by atoms with Crippen LogP contribution in [0.15, 0.2) is 53.4 Å². The molecule has 1 nitrogen and oxygen atoms in total. The molecule has 0 saturated heterocycles. The van der Waals surface area contributed by atoms with Crippen LogP contribution in [0.5, 0.6) is 0 Å². The maximum atomic E-state index is 7.32. The van der Waals surface area contributed by atoms with E-state index in [1.54, 1.807) is 11.8 Å². The van der Waals surface area contributed by atoms with Crippen LogP contribution in [0.25, 0.3) is 4.85 Å². The Morgan fingerprint density at radius 1 is 1.17 bits per heavy atom. The van der Waals surface area contributed by atoms with E-state index in [1.807, 2.05) is 36.4 Å². The smallest absolute Gasteiger partial charge is 0.296 e. The largest absolute Gasteiger partial charge is 0.298 e. The Morgan fingerprint density at radius 2 is 1.89 bits per heavy atom. The van der Waals surface area contributed by atoms with Gasteiger partial charge in [0.2, 0.25) is 0 Å². The van der Waals surface area contributed by atoms with Gasteiger partial charge in [0, 0.05) is 15.5 Å². The van der Waals surface area contributed by atoms with Gasteiger partial charge in [-0.2, -0.15) is 0 Å². The average Bonchev–Trinajstić information content (AvgIpc) is 2.38. The van der Waals surface area contributed by atoms with E-state index in [0.717, 1.165) is 10.5 Å². The normalized spacial score (nSPS) is 11.8. The Morgan fingerprint density at radius 3 is 2.50 bits per heavy atom. The number of thioether (sulfide) groups is 1. The standard InChI is InChI=1S/C15H12ClNS/c1-11-6-8-14(9-7-11)18-15(17-2)12-4-3-5-13(16)10-12/h3-10,15H,1H3. The van der Waals surface area contributed by atoms with Crippen LogP contribution in [-0.4, -0.2) is 0 Å². The molecule has 90 valence electrons. The fourth-order valence-corrected chi connectivity index (χ4v) is 2.66. The van der Waals surface area contributed by atoms with Crippen LogP contribution < -0.4 is 0 Å². The zero-order chi connectivity index (χ0) is 13.0. The molecule has 2 aromatic rings. The molecule has 0 N–H and O–H groups in total. The van der Waals surface area contributed by atoms with Gasteiger partial charge in [-0.1, -0.05) is 41.4 Å². The zero-order valence-electron chi connectivity index (χ0n) is 9.93. The van der Waals surface area contributed by atoms with Crippen molar-refractivity contribution in [3.05, 3.63) is 76.1 Å². The molecule has 0 radical (unpaired) electrons. The van der Waals surface area contributed by atoms with Crippen molar-refractivity contribution in [2.75, 3.05) is 0 Å². The molecule has 1 atom stereocenters. The summed E-state index contributed by atoms with van der Waals surface area (Å²) in [6, 6.07) is 15.7. The second kappa shape index (κ2) is 5.95. The number of hydrogen-bond acceptors (Lipinski definition) is 1. The Bertz CT molecular complexity index is 572. The first-order valence-electron chi connectivity index (χ1n) is 5.54. The van der Waals surface area contributed by atoms with Crippen LogP contribution in [0.4, 0.5) is 0 Å². The molecule has 2 aromatic carbocycles. The highest BCUT2D eigenvalue weighted by atomic mass is 35.5. The molecule has 1 unspecified atom stereocenters. The maximum Gasteiger partial charge on any atom is 0.298 e. The van der Waals surface area contributed by atoms with Crippen molar-refractivity contribution in [3.8, 4) is 0 Å². The predicted octanol–water partition coefficient (Wildman–Crippen LogP) is 5.36. The molecular formula is C15H12ClNS. The molecule has 0 aromatic heterocycles. The molecule has 18 heavy (non-hydrogen) atoms. The Kier molecular flexibility index (Phi) is 4.30. The summed E-state index contributed by atoms with van der Waals surface area (Å²) in [5, 5.41) is 0.428. The summed E-state index contributed by atoms with van der Waals surface area (Å²) in [5.41, 5.74) is 2.17. The van der Waals surface area contributed by atoms with Gasteiger partial charge >= 0.3 is 0 Å². The van der Waals surface area contributed by atoms with Gasteiger partial charge < -0.3 is 0 Å². The average molecular weight is 274 g/mol. The monoisotopic (exact) mass is 273 g/mol. The highest BCUT2D eigenvalue weighted by molar-refractivity contribution is 7.99. The van der Waals surface area contributed by atoms with Crippen molar-refractivity contribution in [3.63, 3.8) is 0 Å². The van der Waals surface area contributed by atoms with Gasteiger partial charge in [0.05, 0.1) is 0 Å². The minimum Gasteiger partial charge on any atom is -0.296 e. The molecule has 0 bridgehead atoms. The van der Waals surface area contributed by atoms with Crippen LogP contribution in [0.1, 0.15) is 16.5 Å². The van der Waals surface area contributed by atoms with E-state index in [0.29, 0.717) is 5.02 Å². The van der Waals surface area contributed by atoms with Gasteiger partial charge in [-0.3, -0.25) is 4.85 Å². The first kappa shape index (κ1) is 13.0. The fourth-order valence-electron chi connectivity index (χ4n) is 1.57. The van der Waals surface area contributed by atoms with E-state index in [2.05, 4.69) is 23.9 Å². The van der Waals surface area contributed by atoms with Gasteiger partial charge in [0.1, 0.15) is 0 Å². The maximum absolute atomic E-state index is 7.32. The number of hydrogen-bond donors (Lipinski definition) is 0. The highest BCUT2D eigenvalue weighted by Crippen LogP contribution is 2.37. The predicted molar refractivity (Wildman–Crippen MR) is 77.8 cm³/mol. The molecule has 3 heteroatoms. The van der Waals surface area contributed by atoms with E-state index in [-0.39, 0.29) is 5.37 Å². The van der Waals surface area contributed by atoms with Gasteiger partial charge in [-0.05, 0) is 43.0 Å². The van der Waals surface area contributed by atoms with Gasteiger partial charge in [0.15, 0.2) is 0 Å². The molecule has 0 aliphatic carbocycles. The fraction of sp³-hybridized carbons (Fsp3) is 0.133. The van der Waals surface area contributed by atoms with Crippen LogP contribution >= 0.6 is 23.4 Å². The lowest BCUT2D eigenvalue weighted by atomic mass is 10.2. The molecule has 0 fully saturated rings. The lowest BCUT2D eigenvalue weighted by Gasteiger charge is -2.06. The van der Waals surface area contributed by atoms with Crippen molar-refractivity contribution in [1.82, 2.24) is 0 Å². The van der Waals surface area contributed by atoms with Gasteiger partial charge in [-0.25, -0.2) is 6.57 Å². The molecule has 2 rings (SSSR count). The quantitative estimate of drug-likeness (QED) is 0.538. The summed E-state index contributed by atoms with van der Waals surface area (Å²) < 4.78 is 0. The Balaban J connectivity index is 2.20. The van der Waals surface area contributed by atoms with Crippen LogP contribution in [-0.2, 0) is 0 Å². The minimum absolute atomic E-state index is 0.244. The second-order valence-corrected chi connectivity index (χ2v) is 5.56. The zero-order valence-corrected chi connectivity index (χ0v) is 11.5. The van der Waals surface area contributed by atoms with Crippen molar-refractivity contribution in [1.29, 1.82) is 0 Å². The topological polar surface area (TPSA) is 4.36 Å². The number of benzene rings is 2. The van der Waals surface area contributed by atoms with Crippen molar-refractivity contribution >= 4 is 23.4 Å². The van der Waals surface area contributed by atoms with Crippen molar-refractivity contribution in [2.45, 2.75) is 17.2 Å². The third-order valence-corrected chi connectivity index (χ3v) is 3.90. The third-order valence-electron chi connectivity index (χ3n) is 2.52. The van der Waals surface area contributed by atoms with Crippen molar-refractivity contribution in [2.24, 2.45) is 0 Å². The summed E-state index contributed by atoms with van der Waals surface area (Å²) in [6.07, 6.45) is 0. The van der Waals surface area contributed by atoms with Gasteiger partial charge in [0.25, 0.3) is 5.37 Å². The van der Waals surface area contributed by atoms with Crippen molar-refractivity contribution < 1.29 is 0 Å². The molecule has 0 aliphatic heterocycles. The lowest BCUT2D eigenvalue weighted by molar-refractivity contribution is 1.21. The molecule has 0 heterocycles. The lowest BCUT2D eigenvalue weighted by Crippen LogP contribution is -1.88. The summed E-state index contributed by atoms with van der Waals surface area (Å²) in [7, 11) is 0. The number of halogens is 1. The number of aryl methyl sites for hydroxylation is 1. The molecular weight excluding hydrogens is 262 g/mol. The number of rotatable bonds is 3. The van der Waals surface area contributed by atoms with E-state index in [4.69, 9.17) is 18.2 Å². The van der Waals surface area contributed by atoms with Crippen LogP contribution in [0.3, 0.4) is 0 Å². The summed E-state index contributed by atoms with van der Waals surface area (Å²) in [6.45, 7) is 9.37. The summed E-state index contributed by atoms with van der Waals surface area (Å²) in [5.74, 6) is 0. The van der Waals surface area contributed by atoms with E-state index >= 15 is 0 Å². The Labute approximate surface area is 117 Å². The highest BCUT2D eigenvalue weighted by Gasteiger charge is 2.17. The van der Waals surface area contributed by atoms with Crippen LogP contribution in [0.2, 0.25) is 5.02 Å². The summed E-state index contributed by atoms with van der Waals surface area (Å²) in [4.78, 5) is 4.77. The van der Waals surface area contributed by atoms with E-state index in [1.165, 1.54) is 5.56 Å².